The standard InChI is InChI=1S/C17H19Cl2NO/c1-17(2,3)20-9-12(16(18)19)15-11-7-5-4-6-10(11)14(21)8-13(15)20/h4-8,12,16,21H,9H2,1-3H3. The number of fused-ring (bicyclic) bond motifs is 3. The molecule has 0 saturated heterocycles. The first kappa shape index (κ1) is 14.8. The van der Waals surface area contributed by atoms with Gasteiger partial charge in [0.15, 0.2) is 0 Å². The zero-order valence-electron chi connectivity index (χ0n) is 12.4. The van der Waals surface area contributed by atoms with E-state index >= 15 is 0 Å². The first-order chi connectivity index (χ1) is 9.80. The second kappa shape index (κ2) is 4.96. The molecule has 2 aromatic carbocycles. The van der Waals surface area contributed by atoms with Crippen LogP contribution in [0.4, 0.5) is 5.69 Å². The van der Waals surface area contributed by atoms with E-state index in [0.717, 1.165) is 28.6 Å². The van der Waals surface area contributed by atoms with E-state index in [4.69, 9.17) is 23.2 Å². The van der Waals surface area contributed by atoms with Gasteiger partial charge in [0, 0.05) is 35.1 Å². The normalized spacial score (nSPS) is 18.6. The number of alkyl halides is 2. The Morgan fingerprint density at radius 1 is 1.19 bits per heavy atom. The fraction of sp³-hybridized carbons (Fsp3) is 0.412. The SMILES string of the molecule is CC(C)(C)N1CC(C(Cl)Cl)c2c1cc(O)c1ccccc21. The van der Waals surface area contributed by atoms with E-state index in [1.54, 1.807) is 0 Å². The van der Waals surface area contributed by atoms with Crippen LogP contribution in [0.2, 0.25) is 0 Å². The average Bonchev–Trinajstić information content (AvgIpc) is 2.78. The molecule has 4 heteroatoms. The van der Waals surface area contributed by atoms with Crippen LogP contribution in [0.25, 0.3) is 10.8 Å². The minimum atomic E-state index is -0.468. The third-order valence-corrected chi connectivity index (χ3v) is 4.81. The molecule has 1 N–H and O–H groups in total. The van der Waals surface area contributed by atoms with Crippen LogP contribution in [0.1, 0.15) is 32.3 Å². The molecule has 21 heavy (non-hydrogen) atoms. The van der Waals surface area contributed by atoms with Crippen molar-refractivity contribution in [2.45, 2.75) is 37.1 Å². The fourth-order valence-electron chi connectivity index (χ4n) is 3.20. The van der Waals surface area contributed by atoms with Crippen molar-refractivity contribution in [3.05, 3.63) is 35.9 Å². The van der Waals surface area contributed by atoms with Crippen LogP contribution in [-0.2, 0) is 0 Å². The van der Waals surface area contributed by atoms with Gasteiger partial charge in [0.2, 0.25) is 0 Å². The molecular weight excluding hydrogens is 305 g/mol. The summed E-state index contributed by atoms with van der Waals surface area (Å²) < 4.78 is 0. The second-order valence-electron chi connectivity index (χ2n) is 6.60. The van der Waals surface area contributed by atoms with Crippen LogP contribution in [0.15, 0.2) is 30.3 Å². The van der Waals surface area contributed by atoms with E-state index in [9.17, 15) is 5.11 Å². The van der Waals surface area contributed by atoms with Crippen molar-refractivity contribution in [1.29, 1.82) is 0 Å². The number of aromatic hydroxyl groups is 1. The smallest absolute Gasteiger partial charge is 0.125 e. The van der Waals surface area contributed by atoms with Crippen molar-refractivity contribution in [3.8, 4) is 5.75 Å². The quantitative estimate of drug-likeness (QED) is 0.742. The molecule has 1 aliphatic heterocycles. The Labute approximate surface area is 135 Å². The zero-order chi connectivity index (χ0) is 15.4. The molecule has 0 fully saturated rings. The monoisotopic (exact) mass is 323 g/mol. The molecule has 0 spiro atoms. The fourth-order valence-corrected chi connectivity index (χ4v) is 3.62. The molecule has 1 aliphatic rings. The van der Waals surface area contributed by atoms with Crippen molar-refractivity contribution in [1.82, 2.24) is 0 Å². The summed E-state index contributed by atoms with van der Waals surface area (Å²) in [6.07, 6.45) is 0. The van der Waals surface area contributed by atoms with Gasteiger partial charge in [-0.2, -0.15) is 0 Å². The molecule has 1 unspecified atom stereocenters. The maximum Gasteiger partial charge on any atom is 0.125 e. The summed E-state index contributed by atoms with van der Waals surface area (Å²) in [6.45, 7) is 7.23. The maximum atomic E-state index is 10.4. The van der Waals surface area contributed by atoms with Crippen LogP contribution in [0.5, 0.6) is 5.75 Å². The lowest BCUT2D eigenvalue weighted by Crippen LogP contribution is -2.41. The van der Waals surface area contributed by atoms with Crippen molar-refractivity contribution >= 4 is 39.7 Å². The van der Waals surface area contributed by atoms with Gasteiger partial charge < -0.3 is 10.0 Å². The van der Waals surface area contributed by atoms with Gasteiger partial charge in [-0.25, -0.2) is 0 Å². The van der Waals surface area contributed by atoms with Crippen LogP contribution in [0, 0.1) is 0 Å². The summed E-state index contributed by atoms with van der Waals surface area (Å²) in [4.78, 5) is 1.81. The Morgan fingerprint density at radius 2 is 1.81 bits per heavy atom. The number of nitrogens with zero attached hydrogens (tertiary/aromatic N) is 1. The number of anilines is 1. The van der Waals surface area contributed by atoms with Crippen molar-refractivity contribution in [3.63, 3.8) is 0 Å². The third-order valence-electron chi connectivity index (χ3n) is 4.20. The predicted molar refractivity (Wildman–Crippen MR) is 90.9 cm³/mol. The summed E-state index contributed by atoms with van der Waals surface area (Å²) in [5.41, 5.74) is 2.13. The van der Waals surface area contributed by atoms with Crippen LogP contribution >= 0.6 is 23.2 Å². The van der Waals surface area contributed by atoms with Crippen molar-refractivity contribution in [2.24, 2.45) is 0 Å². The number of rotatable bonds is 1. The lowest BCUT2D eigenvalue weighted by Gasteiger charge is -2.35. The summed E-state index contributed by atoms with van der Waals surface area (Å²) in [6, 6.07) is 9.72. The number of hydrogen-bond acceptors (Lipinski definition) is 2. The Kier molecular flexibility index (Phi) is 3.50. The average molecular weight is 324 g/mol. The lowest BCUT2D eigenvalue weighted by molar-refractivity contribution is 0.479. The molecule has 0 amide bonds. The Bertz CT molecular complexity index is 691. The van der Waals surface area contributed by atoms with E-state index in [2.05, 4.69) is 25.7 Å². The second-order valence-corrected chi connectivity index (χ2v) is 7.76. The molecular formula is C17H19Cl2NO. The lowest BCUT2D eigenvalue weighted by atomic mass is 9.95. The van der Waals surface area contributed by atoms with E-state index in [0.29, 0.717) is 5.75 Å². The summed E-state index contributed by atoms with van der Waals surface area (Å²) in [7, 11) is 0. The van der Waals surface area contributed by atoms with Gasteiger partial charge in [-0.05, 0) is 31.7 Å². The Hall–Kier alpha value is -1.12. The molecule has 0 aromatic heterocycles. The van der Waals surface area contributed by atoms with Gasteiger partial charge in [-0.15, -0.1) is 23.2 Å². The summed E-state index contributed by atoms with van der Waals surface area (Å²) in [5.74, 6) is 0.355. The molecule has 0 aliphatic carbocycles. The molecule has 0 saturated carbocycles. The van der Waals surface area contributed by atoms with Crippen molar-refractivity contribution < 1.29 is 5.11 Å². The highest BCUT2D eigenvalue weighted by atomic mass is 35.5. The van der Waals surface area contributed by atoms with Crippen molar-refractivity contribution in [2.75, 3.05) is 11.4 Å². The van der Waals surface area contributed by atoms with Gasteiger partial charge >= 0.3 is 0 Å². The topological polar surface area (TPSA) is 23.5 Å². The van der Waals surface area contributed by atoms with Gasteiger partial charge in [-0.1, -0.05) is 24.3 Å². The minimum Gasteiger partial charge on any atom is -0.507 e. The molecule has 3 rings (SSSR count). The number of hydrogen-bond donors (Lipinski definition) is 1. The molecule has 0 radical (unpaired) electrons. The largest absolute Gasteiger partial charge is 0.507 e. The van der Waals surface area contributed by atoms with Crippen LogP contribution in [-0.4, -0.2) is 22.0 Å². The van der Waals surface area contributed by atoms with Gasteiger partial charge in [0.1, 0.15) is 10.6 Å². The van der Waals surface area contributed by atoms with E-state index in [-0.39, 0.29) is 11.5 Å². The number of phenolic OH excluding ortho intramolecular Hbond substituents is 1. The minimum absolute atomic E-state index is 0.0491. The molecule has 0 bridgehead atoms. The number of halogens is 2. The van der Waals surface area contributed by atoms with E-state index < -0.39 is 4.84 Å². The van der Waals surface area contributed by atoms with Gasteiger partial charge in [0.25, 0.3) is 0 Å². The highest BCUT2D eigenvalue weighted by molar-refractivity contribution is 6.45. The number of phenols is 1. The molecule has 2 nitrogen and oxygen atoms in total. The van der Waals surface area contributed by atoms with Gasteiger partial charge in [-0.3, -0.25) is 0 Å². The molecule has 1 heterocycles. The zero-order valence-corrected chi connectivity index (χ0v) is 13.9. The third kappa shape index (κ3) is 2.35. The summed E-state index contributed by atoms with van der Waals surface area (Å²) >= 11 is 12.5. The molecule has 2 aromatic rings. The van der Waals surface area contributed by atoms with Gasteiger partial charge in [0.05, 0.1) is 0 Å². The van der Waals surface area contributed by atoms with E-state index in [1.807, 2.05) is 30.3 Å². The predicted octanol–water partition coefficient (Wildman–Crippen LogP) is 5.05. The molecule has 1 atom stereocenters. The molecule has 112 valence electrons. The Balaban J connectivity index is 2.32. The first-order valence-electron chi connectivity index (χ1n) is 7.11. The highest BCUT2D eigenvalue weighted by Crippen LogP contribution is 2.49. The van der Waals surface area contributed by atoms with Crippen LogP contribution < -0.4 is 4.90 Å². The number of benzene rings is 2. The maximum absolute atomic E-state index is 10.4. The van der Waals surface area contributed by atoms with E-state index in [1.165, 1.54) is 0 Å². The summed E-state index contributed by atoms with van der Waals surface area (Å²) in [5, 5.41) is 12.2. The Morgan fingerprint density at radius 3 is 2.38 bits per heavy atom. The highest BCUT2D eigenvalue weighted by Gasteiger charge is 2.39. The first-order valence-corrected chi connectivity index (χ1v) is 7.98. The van der Waals surface area contributed by atoms with Crippen LogP contribution in [0.3, 0.4) is 0 Å².